The SMILES string of the molecule is CCc1cc2cc3c(cc2cc1CC)C(O)c1cc2ccccc2cc1C3O. The Hall–Kier alpha value is -2.68. The summed E-state index contributed by atoms with van der Waals surface area (Å²) in [5.74, 6) is 0. The molecule has 0 aromatic heterocycles. The third-order valence-corrected chi connectivity index (χ3v) is 6.25. The Morgan fingerprint density at radius 1 is 0.571 bits per heavy atom. The van der Waals surface area contributed by atoms with Crippen molar-refractivity contribution in [2.75, 3.05) is 0 Å². The molecule has 28 heavy (non-hydrogen) atoms. The predicted octanol–water partition coefficient (Wildman–Crippen LogP) is 5.59. The molecule has 2 N–H and O–H groups in total. The molecule has 0 heterocycles. The van der Waals surface area contributed by atoms with Crippen molar-refractivity contribution in [1.29, 1.82) is 0 Å². The summed E-state index contributed by atoms with van der Waals surface area (Å²) in [5.41, 5.74) is 5.94. The Balaban J connectivity index is 1.75. The number of aliphatic hydroxyl groups is 2. The first-order chi connectivity index (χ1) is 13.6. The molecule has 5 rings (SSSR count). The van der Waals surface area contributed by atoms with E-state index in [1.807, 2.05) is 36.4 Å². The maximum atomic E-state index is 11.2. The van der Waals surface area contributed by atoms with Crippen molar-refractivity contribution in [3.8, 4) is 0 Å². The number of benzene rings is 4. The number of aliphatic hydroxyl groups excluding tert-OH is 2. The average Bonchev–Trinajstić information content (AvgIpc) is 2.74. The fourth-order valence-corrected chi connectivity index (χ4v) is 4.70. The van der Waals surface area contributed by atoms with Crippen LogP contribution < -0.4 is 0 Å². The van der Waals surface area contributed by atoms with Crippen molar-refractivity contribution in [2.45, 2.75) is 38.9 Å². The summed E-state index contributed by atoms with van der Waals surface area (Å²) in [4.78, 5) is 0. The minimum absolute atomic E-state index is 0.724. The van der Waals surface area contributed by atoms with E-state index in [0.29, 0.717) is 0 Å². The van der Waals surface area contributed by atoms with Crippen molar-refractivity contribution >= 4 is 21.5 Å². The van der Waals surface area contributed by atoms with E-state index in [0.717, 1.165) is 56.6 Å². The molecule has 2 unspecified atom stereocenters. The summed E-state index contributed by atoms with van der Waals surface area (Å²) < 4.78 is 0. The lowest BCUT2D eigenvalue weighted by Crippen LogP contribution is -2.18. The number of hydrogen-bond acceptors (Lipinski definition) is 2. The Bertz CT molecular complexity index is 1130. The zero-order valence-corrected chi connectivity index (χ0v) is 16.2. The van der Waals surface area contributed by atoms with Gasteiger partial charge in [0.2, 0.25) is 0 Å². The van der Waals surface area contributed by atoms with Gasteiger partial charge in [0.25, 0.3) is 0 Å². The number of aryl methyl sites for hydroxylation is 2. The molecule has 0 saturated heterocycles. The van der Waals surface area contributed by atoms with Crippen LogP contribution in [0, 0.1) is 0 Å². The number of rotatable bonds is 2. The molecule has 0 bridgehead atoms. The molecule has 0 spiro atoms. The third-order valence-electron chi connectivity index (χ3n) is 6.25. The highest BCUT2D eigenvalue weighted by Crippen LogP contribution is 2.44. The van der Waals surface area contributed by atoms with Crippen molar-refractivity contribution in [1.82, 2.24) is 0 Å². The molecule has 2 nitrogen and oxygen atoms in total. The van der Waals surface area contributed by atoms with Crippen LogP contribution in [0.25, 0.3) is 21.5 Å². The quantitative estimate of drug-likeness (QED) is 0.484. The standard InChI is InChI=1S/C26H24O2/c1-3-15-9-19-13-23-24(14-20(19)10-16(15)4-2)26(28)22-12-18-8-6-5-7-17(18)11-21(22)25(23)27/h5-14,25-28H,3-4H2,1-2H3. The van der Waals surface area contributed by atoms with Crippen molar-refractivity contribution in [3.05, 3.63) is 94.0 Å². The van der Waals surface area contributed by atoms with Crippen LogP contribution in [0.4, 0.5) is 0 Å². The minimum Gasteiger partial charge on any atom is -0.384 e. The summed E-state index contributed by atoms with van der Waals surface area (Å²) in [6, 6.07) is 20.7. The van der Waals surface area contributed by atoms with Gasteiger partial charge in [-0.05, 0) is 92.0 Å². The predicted molar refractivity (Wildman–Crippen MR) is 115 cm³/mol. The van der Waals surface area contributed by atoms with Crippen LogP contribution in [0.15, 0.2) is 60.7 Å². The molecule has 0 saturated carbocycles. The molecular formula is C26H24O2. The molecular weight excluding hydrogens is 344 g/mol. The minimum atomic E-state index is -0.724. The first-order valence-electron chi connectivity index (χ1n) is 10.1. The van der Waals surface area contributed by atoms with Crippen LogP contribution in [0.3, 0.4) is 0 Å². The summed E-state index contributed by atoms with van der Waals surface area (Å²) in [7, 11) is 0. The van der Waals surface area contributed by atoms with E-state index in [1.54, 1.807) is 0 Å². The molecule has 2 heteroatoms. The van der Waals surface area contributed by atoms with Crippen molar-refractivity contribution < 1.29 is 10.2 Å². The smallest absolute Gasteiger partial charge is 0.105 e. The molecule has 1 aliphatic rings. The van der Waals surface area contributed by atoms with Gasteiger partial charge in [-0.15, -0.1) is 0 Å². The number of hydrogen-bond donors (Lipinski definition) is 2. The Labute approximate surface area is 165 Å². The largest absolute Gasteiger partial charge is 0.384 e. The molecule has 1 aliphatic carbocycles. The van der Waals surface area contributed by atoms with E-state index in [1.165, 1.54) is 11.1 Å². The number of fused-ring (bicyclic) bond motifs is 4. The summed E-state index contributed by atoms with van der Waals surface area (Å²) in [6.07, 6.45) is 0.545. The molecule has 0 fully saturated rings. The van der Waals surface area contributed by atoms with E-state index < -0.39 is 12.2 Å². The second kappa shape index (κ2) is 6.44. The van der Waals surface area contributed by atoms with Crippen LogP contribution in [-0.4, -0.2) is 10.2 Å². The zero-order chi connectivity index (χ0) is 19.4. The first kappa shape index (κ1) is 17.4. The zero-order valence-electron chi connectivity index (χ0n) is 16.2. The van der Waals surface area contributed by atoms with Gasteiger partial charge in [-0.2, -0.15) is 0 Å². The van der Waals surface area contributed by atoms with Gasteiger partial charge in [-0.1, -0.05) is 50.2 Å². The average molecular weight is 368 g/mol. The fraction of sp³-hybridized carbons (Fsp3) is 0.231. The van der Waals surface area contributed by atoms with E-state index in [4.69, 9.17) is 0 Å². The van der Waals surface area contributed by atoms with Crippen LogP contribution in [0.1, 0.15) is 59.4 Å². The lowest BCUT2D eigenvalue weighted by atomic mass is 9.79. The maximum Gasteiger partial charge on any atom is 0.105 e. The highest BCUT2D eigenvalue weighted by Gasteiger charge is 2.31. The molecule has 4 aromatic rings. The second-order valence-corrected chi connectivity index (χ2v) is 7.79. The third kappa shape index (κ3) is 2.49. The highest BCUT2D eigenvalue weighted by molar-refractivity contribution is 5.88. The van der Waals surface area contributed by atoms with Crippen molar-refractivity contribution in [3.63, 3.8) is 0 Å². The molecule has 0 aliphatic heterocycles. The van der Waals surface area contributed by atoms with Crippen LogP contribution in [0.5, 0.6) is 0 Å². The second-order valence-electron chi connectivity index (χ2n) is 7.79. The lowest BCUT2D eigenvalue weighted by molar-refractivity contribution is 0.174. The normalized spacial score (nSPS) is 18.3. The van der Waals surface area contributed by atoms with E-state index >= 15 is 0 Å². The van der Waals surface area contributed by atoms with Gasteiger partial charge in [0, 0.05) is 0 Å². The topological polar surface area (TPSA) is 40.5 Å². The first-order valence-corrected chi connectivity index (χ1v) is 10.1. The Morgan fingerprint density at radius 2 is 0.929 bits per heavy atom. The molecule has 0 amide bonds. The maximum absolute atomic E-state index is 11.2. The Morgan fingerprint density at radius 3 is 1.29 bits per heavy atom. The van der Waals surface area contributed by atoms with Crippen LogP contribution >= 0.6 is 0 Å². The van der Waals surface area contributed by atoms with Gasteiger partial charge < -0.3 is 10.2 Å². The summed E-state index contributed by atoms with van der Waals surface area (Å²) >= 11 is 0. The van der Waals surface area contributed by atoms with E-state index in [-0.39, 0.29) is 0 Å². The molecule has 140 valence electrons. The van der Waals surface area contributed by atoms with Crippen LogP contribution in [0.2, 0.25) is 0 Å². The van der Waals surface area contributed by atoms with Gasteiger partial charge in [-0.3, -0.25) is 0 Å². The monoisotopic (exact) mass is 368 g/mol. The van der Waals surface area contributed by atoms with Crippen LogP contribution in [-0.2, 0) is 12.8 Å². The van der Waals surface area contributed by atoms with Gasteiger partial charge in [0.05, 0.1) is 0 Å². The van der Waals surface area contributed by atoms with E-state index in [2.05, 4.69) is 38.1 Å². The summed E-state index contributed by atoms with van der Waals surface area (Å²) in [6.45, 7) is 4.36. The summed E-state index contributed by atoms with van der Waals surface area (Å²) in [5, 5.41) is 26.8. The molecule has 4 aromatic carbocycles. The van der Waals surface area contributed by atoms with Gasteiger partial charge in [0.1, 0.15) is 12.2 Å². The van der Waals surface area contributed by atoms with E-state index in [9.17, 15) is 10.2 Å². The van der Waals surface area contributed by atoms with Crippen molar-refractivity contribution in [2.24, 2.45) is 0 Å². The van der Waals surface area contributed by atoms with Gasteiger partial charge >= 0.3 is 0 Å². The fourth-order valence-electron chi connectivity index (χ4n) is 4.70. The molecule has 0 radical (unpaired) electrons. The Kier molecular flexibility index (Phi) is 4.01. The van der Waals surface area contributed by atoms with Gasteiger partial charge in [0.15, 0.2) is 0 Å². The lowest BCUT2D eigenvalue weighted by Gasteiger charge is -2.30. The van der Waals surface area contributed by atoms with Gasteiger partial charge in [-0.25, -0.2) is 0 Å². The molecule has 2 atom stereocenters. The highest BCUT2D eigenvalue weighted by atomic mass is 16.3.